The van der Waals surface area contributed by atoms with E-state index < -0.39 is 10.0 Å². The molecule has 3 rings (SSSR count). The van der Waals surface area contributed by atoms with E-state index >= 15 is 0 Å². The third kappa shape index (κ3) is 3.12. The topological polar surface area (TPSA) is 67.3 Å². The summed E-state index contributed by atoms with van der Waals surface area (Å²) in [5.41, 5.74) is 2.27. The summed E-state index contributed by atoms with van der Waals surface area (Å²) in [4.78, 5) is 15.7. The van der Waals surface area contributed by atoms with Crippen LogP contribution in [0.1, 0.15) is 23.5 Å². The Morgan fingerprint density at radius 2 is 2.00 bits per heavy atom. The first-order chi connectivity index (χ1) is 11.5. The van der Waals surface area contributed by atoms with Crippen molar-refractivity contribution in [2.45, 2.75) is 24.2 Å². The van der Waals surface area contributed by atoms with Crippen LogP contribution in [0.2, 0.25) is 0 Å². The van der Waals surface area contributed by atoms with Gasteiger partial charge in [-0.25, -0.2) is 8.42 Å². The molecule has 1 aliphatic heterocycles. The summed E-state index contributed by atoms with van der Waals surface area (Å²) in [6.07, 6.45) is 4.41. The molecule has 6 heteroatoms. The maximum atomic E-state index is 12.7. The fourth-order valence-electron chi connectivity index (χ4n) is 3.34. The number of carbonyl (C=O) groups is 1. The second-order valence-electron chi connectivity index (χ2n) is 6.10. The highest BCUT2D eigenvalue weighted by Gasteiger charge is 2.36. The van der Waals surface area contributed by atoms with Gasteiger partial charge >= 0.3 is 0 Å². The quantitative estimate of drug-likeness (QED) is 0.799. The van der Waals surface area contributed by atoms with E-state index in [4.69, 9.17) is 0 Å². The van der Waals surface area contributed by atoms with E-state index in [-0.39, 0.29) is 23.3 Å². The Morgan fingerprint density at radius 3 is 2.67 bits per heavy atom. The summed E-state index contributed by atoms with van der Waals surface area (Å²) in [7, 11) is -3.61. The number of benzene rings is 1. The Morgan fingerprint density at radius 1 is 1.21 bits per heavy atom. The van der Waals surface area contributed by atoms with Crippen LogP contribution < -0.4 is 0 Å². The van der Waals surface area contributed by atoms with E-state index in [2.05, 4.69) is 4.98 Å². The van der Waals surface area contributed by atoms with Crippen LogP contribution in [0.25, 0.3) is 0 Å². The lowest BCUT2D eigenvalue weighted by Gasteiger charge is -2.36. The van der Waals surface area contributed by atoms with Crippen molar-refractivity contribution in [1.82, 2.24) is 9.29 Å². The van der Waals surface area contributed by atoms with Gasteiger partial charge in [-0.15, -0.1) is 0 Å². The van der Waals surface area contributed by atoms with E-state index in [1.54, 1.807) is 6.07 Å². The number of aldehydes is 1. The molecule has 0 amide bonds. The second kappa shape index (κ2) is 6.83. The lowest BCUT2D eigenvalue weighted by Crippen LogP contribution is -2.43. The van der Waals surface area contributed by atoms with Gasteiger partial charge in [0.1, 0.15) is 11.2 Å². The molecular formula is C18H20N2O3S. The Balaban J connectivity index is 1.86. The van der Waals surface area contributed by atoms with Gasteiger partial charge in [0.05, 0.1) is 0 Å². The first-order valence-electron chi connectivity index (χ1n) is 7.95. The lowest BCUT2D eigenvalue weighted by atomic mass is 9.80. The van der Waals surface area contributed by atoms with Gasteiger partial charge in [-0.05, 0) is 42.5 Å². The molecule has 2 atom stereocenters. The van der Waals surface area contributed by atoms with Crippen molar-refractivity contribution in [3.8, 4) is 0 Å². The minimum atomic E-state index is -3.61. The Labute approximate surface area is 142 Å². The average molecular weight is 344 g/mol. The largest absolute Gasteiger partial charge is 0.303 e. The Bertz CT molecular complexity index is 821. The van der Waals surface area contributed by atoms with Crippen LogP contribution >= 0.6 is 0 Å². The van der Waals surface area contributed by atoms with E-state index in [1.807, 2.05) is 31.2 Å². The molecule has 2 heterocycles. The van der Waals surface area contributed by atoms with Gasteiger partial charge in [0.2, 0.25) is 10.0 Å². The molecule has 24 heavy (non-hydrogen) atoms. The Hall–Kier alpha value is -2.05. The smallest absolute Gasteiger partial charge is 0.244 e. The van der Waals surface area contributed by atoms with Crippen LogP contribution in [0.15, 0.2) is 53.7 Å². The normalized spacial score (nSPS) is 22.2. The number of nitrogens with zero attached hydrogens (tertiary/aromatic N) is 2. The maximum absolute atomic E-state index is 12.7. The molecule has 1 fully saturated rings. The number of rotatable bonds is 4. The molecule has 1 aromatic carbocycles. The van der Waals surface area contributed by atoms with Crippen LogP contribution in [-0.2, 0) is 14.8 Å². The summed E-state index contributed by atoms with van der Waals surface area (Å²) in [6, 6.07) is 11.1. The second-order valence-corrected chi connectivity index (χ2v) is 8.04. The standard InChI is InChI=1S/C18H20N2O3S/c1-14-5-2-3-7-17(14)18-8-10-20(12-15(18)13-21)24(22,23)16-6-4-9-19-11-16/h2-7,9,11,13,15,18H,8,10,12H2,1H3/t15-,18-/m0/s1. The van der Waals surface area contributed by atoms with Crippen LogP contribution in [0.4, 0.5) is 0 Å². The zero-order chi connectivity index (χ0) is 17.2. The number of sulfonamides is 1. The number of piperidine rings is 1. The van der Waals surface area contributed by atoms with Crippen molar-refractivity contribution in [3.63, 3.8) is 0 Å². The molecular weight excluding hydrogens is 324 g/mol. The number of pyridine rings is 1. The molecule has 0 radical (unpaired) electrons. The minimum Gasteiger partial charge on any atom is -0.303 e. The highest BCUT2D eigenvalue weighted by Crippen LogP contribution is 2.35. The minimum absolute atomic E-state index is 0.0593. The average Bonchev–Trinajstić information content (AvgIpc) is 2.62. The van der Waals surface area contributed by atoms with Gasteiger partial charge in [-0.1, -0.05) is 24.3 Å². The summed E-state index contributed by atoms with van der Waals surface area (Å²) < 4.78 is 26.9. The maximum Gasteiger partial charge on any atom is 0.244 e. The zero-order valence-corrected chi connectivity index (χ0v) is 14.3. The zero-order valence-electron chi connectivity index (χ0n) is 13.5. The highest BCUT2D eigenvalue weighted by molar-refractivity contribution is 7.89. The molecule has 5 nitrogen and oxygen atoms in total. The van der Waals surface area contributed by atoms with Crippen molar-refractivity contribution in [3.05, 3.63) is 59.9 Å². The van der Waals surface area contributed by atoms with Crippen molar-refractivity contribution in [2.75, 3.05) is 13.1 Å². The molecule has 0 unspecified atom stereocenters. The third-order valence-electron chi connectivity index (χ3n) is 4.66. The first-order valence-corrected chi connectivity index (χ1v) is 9.39. The van der Waals surface area contributed by atoms with E-state index in [0.717, 1.165) is 17.4 Å². The van der Waals surface area contributed by atoms with E-state index in [0.29, 0.717) is 13.0 Å². The molecule has 126 valence electrons. The van der Waals surface area contributed by atoms with Crippen LogP contribution in [-0.4, -0.2) is 37.1 Å². The first kappa shape index (κ1) is 16.8. The van der Waals surface area contributed by atoms with Crippen molar-refractivity contribution in [2.24, 2.45) is 5.92 Å². The fraction of sp³-hybridized carbons (Fsp3) is 0.333. The number of carbonyl (C=O) groups excluding carboxylic acids is 1. The van der Waals surface area contributed by atoms with E-state index in [1.165, 1.54) is 22.8 Å². The molecule has 1 aliphatic rings. The van der Waals surface area contributed by atoms with Crippen LogP contribution in [0, 0.1) is 12.8 Å². The molecule has 0 N–H and O–H groups in total. The number of hydrogen-bond donors (Lipinski definition) is 0. The fourth-order valence-corrected chi connectivity index (χ4v) is 4.80. The highest BCUT2D eigenvalue weighted by atomic mass is 32.2. The lowest BCUT2D eigenvalue weighted by molar-refractivity contribution is -0.112. The summed E-state index contributed by atoms with van der Waals surface area (Å²) in [6.45, 7) is 2.64. The summed E-state index contributed by atoms with van der Waals surface area (Å²) in [5, 5.41) is 0. The van der Waals surface area contributed by atoms with Crippen molar-refractivity contribution in [1.29, 1.82) is 0 Å². The summed E-state index contributed by atoms with van der Waals surface area (Å²) >= 11 is 0. The third-order valence-corrected chi connectivity index (χ3v) is 6.50. The van der Waals surface area contributed by atoms with Crippen molar-refractivity contribution < 1.29 is 13.2 Å². The number of aryl methyl sites for hydroxylation is 1. The SMILES string of the molecule is Cc1ccccc1[C@H]1CCN(S(=O)(=O)c2cccnc2)C[C@H]1C=O. The molecule has 1 saturated heterocycles. The Kier molecular flexibility index (Phi) is 4.78. The molecule has 0 spiro atoms. The van der Waals surface area contributed by atoms with Crippen LogP contribution in [0.5, 0.6) is 0 Å². The summed E-state index contributed by atoms with van der Waals surface area (Å²) in [5.74, 6) is -0.282. The molecule has 1 aromatic heterocycles. The molecule has 0 bridgehead atoms. The van der Waals surface area contributed by atoms with Gasteiger partial charge in [0, 0.05) is 31.4 Å². The number of aromatic nitrogens is 1. The predicted octanol–water partition coefficient (Wildman–Crippen LogP) is 2.38. The van der Waals surface area contributed by atoms with Gasteiger partial charge in [0.25, 0.3) is 0 Å². The molecule has 0 saturated carbocycles. The predicted molar refractivity (Wildman–Crippen MR) is 91.1 cm³/mol. The van der Waals surface area contributed by atoms with Gasteiger partial charge in [-0.2, -0.15) is 4.31 Å². The van der Waals surface area contributed by atoms with Crippen LogP contribution in [0.3, 0.4) is 0 Å². The number of hydrogen-bond acceptors (Lipinski definition) is 4. The van der Waals surface area contributed by atoms with Gasteiger partial charge in [0.15, 0.2) is 0 Å². The molecule has 0 aliphatic carbocycles. The van der Waals surface area contributed by atoms with Crippen molar-refractivity contribution >= 4 is 16.3 Å². The van der Waals surface area contributed by atoms with Gasteiger partial charge in [-0.3, -0.25) is 4.98 Å². The van der Waals surface area contributed by atoms with Gasteiger partial charge < -0.3 is 4.79 Å². The van der Waals surface area contributed by atoms with E-state index in [9.17, 15) is 13.2 Å². The monoisotopic (exact) mass is 344 g/mol. The molecule has 2 aromatic rings.